The number of rotatable bonds is 8. The molecule has 0 unspecified atom stereocenters. The lowest BCUT2D eigenvalue weighted by molar-refractivity contribution is 0.0771. The molecule has 1 aliphatic carbocycles. The number of piperidine rings is 1. The predicted molar refractivity (Wildman–Crippen MR) is 123 cm³/mol. The van der Waals surface area contributed by atoms with Crippen molar-refractivity contribution in [1.82, 2.24) is 14.8 Å². The molecule has 2 aromatic rings. The topological polar surface area (TPSA) is 28.6 Å². The third-order valence-electron chi connectivity index (χ3n) is 6.83. The van der Waals surface area contributed by atoms with Crippen LogP contribution >= 0.6 is 0 Å². The number of aromatic nitrogens is 1. The van der Waals surface area contributed by atoms with Gasteiger partial charge in [0.15, 0.2) is 0 Å². The first-order chi connectivity index (χ1) is 14.8. The summed E-state index contributed by atoms with van der Waals surface area (Å²) >= 11 is 0. The van der Waals surface area contributed by atoms with Crippen molar-refractivity contribution < 1.29 is 4.74 Å². The number of hydrogen-bond acceptors (Lipinski definition) is 4. The van der Waals surface area contributed by atoms with Crippen LogP contribution in [0.3, 0.4) is 0 Å². The van der Waals surface area contributed by atoms with E-state index in [0.717, 1.165) is 37.3 Å². The summed E-state index contributed by atoms with van der Waals surface area (Å²) in [6.45, 7) is 5.62. The molecule has 1 aromatic heterocycles. The molecule has 0 bridgehead atoms. The summed E-state index contributed by atoms with van der Waals surface area (Å²) in [6.07, 6.45) is 13.7. The average Bonchev–Trinajstić information content (AvgIpc) is 2.80. The smallest absolute Gasteiger partial charge is 0.119 e. The highest BCUT2D eigenvalue weighted by Crippen LogP contribution is 2.28. The van der Waals surface area contributed by atoms with E-state index in [0.29, 0.717) is 0 Å². The van der Waals surface area contributed by atoms with Crippen molar-refractivity contribution in [1.29, 1.82) is 0 Å². The highest BCUT2D eigenvalue weighted by atomic mass is 16.5. The van der Waals surface area contributed by atoms with Crippen LogP contribution in [0.2, 0.25) is 0 Å². The minimum Gasteiger partial charge on any atom is -0.497 e. The Morgan fingerprint density at radius 1 is 1.00 bits per heavy atom. The fourth-order valence-corrected chi connectivity index (χ4v) is 5.35. The summed E-state index contributed by atoms with van der Waals surface area (Å²) in [4.78, 5) is 9.77. The van der Waals surface area contributed by atoms with Crippen molar-refractivity contribution in [2.75, 3.05) is 26.7 Å². The van der Waals surface area contributed by atoms with Crippen LogP contribution in [0.5, 0.6) is 5.75 Å². The quantitative estimate of drug-likeness (QED) is 0.606. The van der Waals surface area contributed by atoms with Crippen LogP contribution < -0.4 is 4.74 Å². The van der Waals surface area contributed by atoms with E-state index in [4.69, 9.17) is 4.74 Å². The summed E-state index contributed by atoms with van der Waals surface area (Å²) in [7, 11) is 1.74. The van der Waals surface area contributed by atoms with Crippen LogP contribution in [0.25, 0.3) is 0 Å². The summed E-state index contributed by atoms with van der Waals surface area (Å²) in [5, 5.41) is 0. The van der Waals surface area contributed by atoms with Crippen molar-refractivity contribution in [3.8, 4) is 5.75 Å². The lowest BCUT2D eigenvalue weighted by Gasteiger charge is -2.41. The molecule has 1 saturated carbocycles. The van der Waals surface area contributed by atoms with E-state index in [1.807, 2.05) is 24.5 Å². The molecule has 1 aromatic carbocycles. The Hall–Kier alpha value is -1.91. The van der Waals surface area contributed by atoms with Gasteiger partial charge in [-0.25, -0.2) is 0 Å². The second-order valence-electron chi connectivity index (χ2n) is 9.18. The molecular weight excluding hydrogens is 370 g/mol. The fourth-order valence-electron chi connectivity index (χ4n) is 5.35. The van der Waals surface area contributed by atoms with Gasteiger partial charge in [-0.2, -0.15) is 0 Å². The van der Waals surface area contributed by atoms with Gasteiger partial charge in [-0.3, -0.25) is 9.88 Å². The Kier molecular flexibility index (Phi) is 7.76. The number of likely N-dealkylation sites (tertiary alicyclic amines) is 1. The van der Waals surface area contributed by atoms with Gasteiger partial charge < -0.3 is 9.64 Å². The van der Waals surface area contributed by atoms with Gasteiger partial charge in [0.25, 0.3) is 0 Å². The van der Waals surface area contributed by atoms with E-state index in [9.17, 15) is 0 Å². The molecular formula is C26H37N3O. The average molecular weight is 408 g/mol. The Morgan fingerprint density at radius 2 is 1.83 bits per heavy atom. The molecule has 0 radical (unpaired) electrons. The Balaban J connectivity index is 1.43. The first-order valence-corrected chi connectivity index (χ1v) is 11.8. The second-order valence-corrected chi connectivity index (χ2v) is 9.18. The molecule has 2 aliphatic rings. The maximum Gasteiger partial charge on any atom is 0.119 e. The zero-order valence-corrected chi connectivity index (χ0v) is 18.5. The maximum absolute atomic E-state index is 5.45. The number of hydrogen-bond donors (Lipinski definition) is 0. The van der Waals surface area contributed by atoms with Gasteiger partial charge >= 0.3 is 0 Å². The third-order valence-corrected chi connectivity index (χ3v) is 6.83. The largest absolute Gasteiger partial charge is 0.497 e. The van der Waals surface area contributed by atoms with Crippen molar-refractivity contribution in [3.63, 3.8) is 0 Å². The number of benzene rings is 1. The van der Waals surface area contributed by atoms with Gasteiger partial charge in [0, 0.05) is 44.6 Å². The number of methoxy groups -OCH3 is 1. The molecule has 0 spiro atoms. The van der Waals surface area contributed by atoms with E-state index in [1.54, 1.807) is 7.11 Å². The van der Waals surface area contributed by atoms with Crippen LogP contribution in [0.15, 0.2) is 48.8 Å². The van der Waals surface area contributed by atoms with Gasteiger partial charge in [-0.1, -0.05) is 37.5 Å². The third kappa shape index (κ3) is 6.05. The number of nitrogens with zero attached hydrogens (tertiary/aromatic N) is 3. The standard InChI is InChI=1S/C26H37N3O/c1-30-26-13-5-8-22(16-26)18-28(19-23-9-6-14-27-17-23)20-24-10-7-15-29(21-24)25-11-3-2-4-12-25/h5-6,8-9,13-14,16-17,24-25H,2-4,7,10-12,15,18-21H2,1H3/t24-/m1/s1. The Bertz CT molecular complexity index is 760. The van der Waals surface area contributed by atoms with Gasteiger partial charge in [-0.15, -0.1) is 0 Å². The lowest BCUT2D eigenvalue weighted by Crippen LogP contribution is -2.46. The van der Waals surface area contributed by atoms with Crippen LogP contribution in [0, 0.1) is 5.92 Å². The fraction of sp³-hybridized carbons (Fsp3) is 0.577. The SMILES string of the molecule is COc1cccc(CN(Cc2cccnc2)C[C@H]2CCCN(C3CCCCC3)C2)c1. The first kappa shape index (κ1) is 21.3. The molecule has 30 heavy (non-hydrogen) atoms. The predicted octanol–water partition coefficient (Wildman–Crippen LogP) is 5.14. The normalized spacial score (nSPS) is 21.1. The zero-order chi connectivity index (χ0) is 20.6. The van der Waals surface area contributed by atoms with Crippen molar-refractivity contribution >= 4 is 0 Å². The molecule has 0 amide bonds. The molecule has 0 N–H and O–H groups in total. The van der Waals surface area contributed by atoms with Gasteiger partial charge in [0.1, 0.15) is 5.75 Å². The van der Waals surface area contributed by atoms with Crippen LogP contribution in [-0.2, 0) is 13.1 Å². The Labute approximate surface area is 182 Å². The summed E-state index contributed by atoms with van der Waals surface area (Å²) in [6, 6.07) is 13.6. The Morgan fingerprint density at radius 3 is 2.63 bits per heavy atom. The van der Waals surface area contributed by atoms with Crippen LogP contribution in [0.1, 0.15) is 56.1 Å². The van der Waals surface area contributed by atoms with E-state index in [1.165, 1.54) is 69.2 Å². The zero-order valence-electron chi connectivity index (χ0n) is 18.5. The number of ether oxygens (including phenoxy) is 1. The van der Waals surface area contributed by atoms with E-state index < -0.39 is 0 Å². The van der Waals surface area contributed by atoms with E-state index in [-0.39, 0.29) is 0 Å². The van der Waals surface area contributed by atoms with Gasteiger partial charge in [0.05, 0.1) is 7.11 Å². The van der Waals surface area contributed by atoms with E-state index in [2.05, 4.69) is 39.0 Å². The van der Waals surface area contributed by atoms with Gasteiger partial charge in [-0.05, 0) is 67.5 Å². The molecule has 2 fully saturated rings. The highest BCUT2D eigenvalue weighted by Gasteiger charge is 2.28. The molecule has 2 heterocycles. The summed E-state index contributed by atoms with van der Waals surface area (Å²) in [5.74, 6) is 1.69. The van der Waals surface area contributed by atoms with E-state index >= 15 is 0 Å². The summed E-state index contributed by atoms with van der Waals surface area (Å²) < 4.78 is 5.45. The second kappa shape index (κ2) is 10.9. The molecule has 1 aliphatic heterocycles. The molecule has 4 nitrogen and oxygen atoms in total. The van der Waals surface area contributed by atoms with Crippen LogP contribution in [0.4, 0.5) is 0 Å². The van der Waals surface area contributed by atoms with Crippen molar-refractivity contribution in [3.05, 3.63) is 59.9 Å². The summed E-state index contributed by atoms with van der Waals surface area (Å²) in [5.41, 5.74) is 2.61. The molecule has 162 valence electrons. The van der Waals surface area contributed by atoms with Crippen molar-refractivity contribution in [2.45, 2.75) is 64.1 Å². The molecule has 1 atom stereocenters. The van der Waals surface area contributed by atoms with Gasteiger partial charge in [0.2, 0.25) is 0 Å². The maximum atomic E-state index is 5.45. The van der Waals surface area contributed by atoms with Crippen molar-refractivity contribution in [2.24, 2.45) is 5.92 Å². The number of pyridine rings is 1. The minimum absolute atomic E-state index is 0.753. The molecule has 1 saturated heterocycles. The minimum atomic E-state index is 0.753. The molecule has 4 heteroatoms. The van der Waals surface area contributed by atoms with Crippen LogP contribution in [-0.4, -0.2) is 47.6 Å². The highest BCUT2D eigenvalue weighted by molar-refractivity contribution is 5.28. The monoisotopic (exact) mass is 407 g/mol. The first-order valence-electron chi connectivity index (χ1n) is 11.8. The molecule has 4 rings (SSSR count). The lowest BCUT2D eigenvalue weighted by atomic mass is 9.90.